The second-order valence-corrected chi connectivity index (χ2v) is 7.78. The number of aryl methyl sites for hydroxylation is 2. The summed E-state index contributed by atoms with van der Waals surface area (Å²) in [6.07, 6.45) is 4.75. The van der Waals surface area contributed by atoms with E-state index in [1.807, 2.05) is 24.5 Å². The highest BCUT2D eigenvalue weighted by molar-refractivity contribution is 7.99. The number of hydrogen-bond acceptors (Lipinski definition) is 6. The van der Waals surface area contributed by atoms with Gasteiger partial charge in [-0.1, -0.05) is 18.2 Å². The average molecular weight is 391 g/mol. The van der Waals surface area contributed by atoms with Crippen molar-refractivity contribution in [3.8, 4) is 0 Å². The third kappa shape index (κ3) is 4.43. The Bertz CT molecular complexity index is 840. The van der Waals surface area contributed by atoms with Gasteiger partial charge >= 0.3 is 5.97 Å². The lowest BCUT2D eigenvalue weighted by Gasteiger charge is -2.09. The minimum Gasteiger partial charge on any atom is -0.469 e. The molecule has 0 fully saturated rings. The van der Waals surface area contributed by atoms with Crippen LogP contribution in [-0.4, -0.2) is 43.9 Å². The van der Waals surface area contributed by atoms with E-state index in [-0.39, 0.29) is 11.8 Å². The molecule has 1 aliphatic heterocycles. The lowest BCUT2D eigenvalue weighted by Crippen LogP contribution is -2.11. The number of rotatable bonds is 7. The highest BCUT2D eigenvalue weighted by atomic mass is 32.2. The Kier molecular flexibility index (Phi) is 6.36. The maximum Gasteiger partial charge on any atom is 0.307 e. The number of hydrogen-bond donors (Lipinski definition) is 0. The van der Waals surface area contributed by atoms with E-state index in [0.717, 1.165) is 48.2 Å². The van der Waals surface area contributed by atoms with Crippen LogP contribution in [0.4, 0.5) is 0 Å². The molecule has 0 atom stereocenters. The molecule has 0 aliphatic carbocycles. The number of fused-ring (bicyclic) bond motifs is 1. The van der Waals surface area contributed by atoms with Crippen LogP contribution in [0.1, 0.15) is 53.3 Å². The summed E-state index contributed by atoms with van der Waals surface area (Å²) >= 11 is 1.46. The maximum atomic E-state index is 12.8. The molecule has 0 aromatic carbocycles. The summed E-state index contributed by atoms with van der Waals surface area (Å²) in [5.41, 5.74) is 2.57. The van der Waals surface area contributed by atoms with Crippen LogP contribution in [0.2, 0.25) is 0 Å². The number of methoxy groups -OCH3 is 1. The molecule has 0 amide bonds. The molecule has 7 nitrogen and oxygen atoms in total. The Hall–Kier alpha value is -2.09. The van der Waals surface area contributed by atoms with Crippen molar-refractivity contribution in [2.45, 2.75) is 64.2 Å². The third-order valence-corrected chi connectivity index (χ3v) is 6.02. The van der Waals surface area contributed by atoms with Gasteiger partial charge in [0.25, 0.3) is 0 Å². The van der Waals surface area contributed by atoms with Gasteiger partial charge in [-0.3, -0.25) is 9.59 Å². The molecule has 1 aliphatic rings. The number of nitrogens with zero attached hydrogens (tertiary/aromatic N) is 4. The number of esters is 1. The SMILES string of the molecule is COC(=O)CCn1c(C)cc(C(=O)CSc2nnc3n2CCCCC3)c1C. The molecule has 8 heteroatoms. The normalized spacial score (nSPS) is 13.9. The minimum atomic E-state index is -0.251. The highest BCUT2D eigenvalue weighted by Crippen LogP contribution is 2.24. The summed E-state index contributed by atoms with van der Waals surface area (Å²) in [5.74, 6) is 1.18. The molecule has 0 unspecified atom stereocenters. The van der Waals surface area contributed by atoms with Gasteiger partial charge < -0.3 is 13.9 Å². The van der Waals surface area contributed by atoms with Crippen LogP contribution in [0.3, 0.4) is 0 Å². The number of carbonyl (C=O) groups is 2. The molecule has 2 aromatic rings. The van der Waals surface area contributed by atoms with Gasteiger partial charge in [0.05, 0.1) is 19.3 Å². The standard InChI is InChI=1S/C19H26N4O3S/c1-13-11-15(14(2)22(13)10-8-18(25)26-3)16(24)12-27-19-21-20-17-7-5-4-6-9-23(17)19/h11H,4-10,12H2,1-3H3. The largest absolute Gasteiger partial charge is 0.469 e. The minimum absolute atomic E-state index is 0.0726. The van der Waals surface area contributed by atoms with Crippen molar-refractivity contribution in [1.82, 2.24) is 19.3 Å². The molecule has 146 valence electrons. The molecular formula is C19H26N4O3S. The zero-order valence-electron chi connectivity index (χ0n) is 16.2. The first-order valence-electron chi connectivity index (χ1n) is 9.33. The van der Waals surface area contributed by atoms with Crippen molar-refractivity contribution in [1.29, 1.82) is 0 Å². The summed E-state index contributed by atoms with van der Waals surface area (Å²) in [5, 5.41) is 9.39. The number of Topliss-reactive ketones (excluding diaryl/α,β-unsaturated/α-hetero) is 1. The van der Waals surface area contributed by atoms with Gasteiger partial charge in [-0.2, -0.15) is 0 Å². The summed E-state index contributed by atoms with van der Waals surface area (Å²) < 4.78 is 8.86. The number of thioether (sulfide) groups is 1. The molecular weight excluding hydrogens is 364 g/mol. The van der Waals surface area contributed by atoms with Crippen LogP contribution in [0.15, 0.2) is 11.2 Å². The van der Waals surface area contributed by atoms with Crippen LogP contribution >= 0.6 is 11.8 Å². The molecule has 2 aromatic heterocycles. The number of ether oxygens (including phenoxy) is 1. The van der Waals surface area contributed by atoms with Crippen molar-refractivity contribution in [2.75, 3.05) is 12.9 Å². The van der Waals surface area contributed by atoms with E-state index < -0.39 is 0 Å². The lowest BCUT2D eigenvalue weighted by atomic mass is 10.2. The van der Waals surface area contributed by atoms with Crippen LogP contribution < -0.4 is 0 Å². The lowest BCUT2D eigenvalue weighted by molar-refractivity contribution is -0.140. The van der Waals surface area contributed by atoms with Gasteiger partial charge in [0.1, 0.15) is 5.82 Å². The van der Waals surface area contributed by atoms with Gasteiger partial charge in [-0.15, -0.1) is 10.2 Å². The van der Waals surface area contributed by atoms with E-state index in [0.29, 0.717) is 24.3 Å². The van der Waals surface area contributed by atoms with Crippen LogP contribution in [0, 0.1) is 13.8 Å². The second kappa shape index (κ2) is 8.73. The smallest absolute Gasteiger partial charge is 0.307 e. The van der Waals surface area contributed by atoms with E-state index in [4.69, 9.17) is 4.74 Å². The fourth-order valence-electron chi connectivity index (χ4n) is 3.51. The van der Waals surface area contributed by atoms with Crippen molar-refractivity contribution in [3.05, 3.63) is 28.8 Å². The molecule has 0 radical (unpaired) electrons. The Labute approximate surface area is 163 Å². The van der Waals surface area contributed by atoms with Crippen molar-refractivity contribution >= 4 is 23.5 Å². The zero-order valence-corrected chi connectivity index (χ0v) is 17.0. The van der Waals surface area contributed by atoms with Gasteiger partial charge in [0, 0.05) is 36.5 Å². The molecule has 27 heavy (non-hydrogen) atoms. The molecule has 0 bridgehead atoms. The first-order chi connectivity index (χ1) is 13.0. The number of carbonyl (C=O) groups excluding carboxylic acids is 2. The van der Waals surface area contributed by atoms with E-state index in [1.54, 1.807) is 0 Å². The molecule has 0 spiro atoms. The predicted molar refractivity (Wildman–Crippen MR) is 103 cm³/mol. The third-order valence-electron chi connectivity index (χ3n) is 5.05. The quantitative estimate of drug-likeness (QED) is 0.411. The molecule has 3 heterocycles. The summed E-state index contributed by atoms with van der Waals surface area (Å²) in [6, 6.07) is 1.90. The van der Waals surface area contributed by atoms with Crippen LogP contribution in [-0.2, 0) is 29.0 Å². The predicted octanol–water partition coefficient (Wildman–Crippen LogP) is 2.96. The Morgan fingerprint density at radius 2 is 2.04 bits per heavy atom. The molecule has 0 N–H and O–H groups in total. The Morgan fingerprint density at radius 1 is 1.22 bits per heavy atom. The Balaban J connectivity index is 1.67. The number of ketones is 1. The molecule has 0 saturated carbocycles. The zero-order chi connectivity index (χ0) is 19.4. The monoisotopic (exact) mass is 390 g/mol. The van der Waals surface area contributed by atoms with Gasteiger partial charge in [-0.25, -0.2) is 0 Å². The van der Waals surface area contributed by atoms with Gasteiger partial charge in [-0.05, 0) is 32.8 Å². The first kappa shape index (κ1) is 19.7. The van der Waals surface area contributed by atoms with E-state index in [2.05, 4.69) is 14.8 Å². The average Bonchev–Trinajstić information content (AvgIpc) is 3.07. The van der Waals surface area contributed by atoms with Crippen molar-refractivity contribution < 1.29 is 14.3 Å². The summed E-state index contributed by atoms with van der Waals surface area (Å²) in [4.78, 5) is 24.2. The molecule has 3 rings (SSSR count). The van der Waals surface area contributed by atoms with E-state index in [1.165, 1.54) is 25.3 Å². The first-order valence-corrected chi connectivity index (χ1v) is 10.3. The topological polar surface area (TPSA) is 79.0 Å². The van der Waals surface area contributed by atoms with Crippen LogP contribution in [0.25, 0.3) is 0 Å². The maximum absolute atomic E-state index is 12.8. The van der Waals surface area contributed by atoms with Crippen molar-refractivity contribution in [2.24, 2.45) is 0 Å². The highest BCUT2D eigenvalue weighted by Gasteiger charge is 2.19. The fourth-order valence-corrected chi connectivity index (χ4v) is 4.37. The summed E-state index contributed by atoms with van der Waals surface area (Å²) in [6.45, 7) is 5.32. The van der Waals surface area contributed by atoms with Gasteiger partial charge in [0.2, 0.25) is 0 Å². The van der Waals surface area contributed by atoms with Gasteiger partial charge in [0.15, 0.2) is 10.9 Å². The fraction of sp³-hybridized carbons (Fsp3) is 0.579. The second-order valence-electron chi connectivity index (χ2n) is 6.84. The molecule has 0 saturated heterocycles. The number of aromatic nitrogens is 4. The Morgan fingerprint density at radius 3 is 2.81 bits per heavy atom. The van der Waals surface area contributed by atoms with E-state index >= 15 is 0 Å². The van der Waals surface area contributed by atoms with E-state index in [9.17, 15) is 9.59 Å². The van der Waals surface area contributed by atoms with Crippen molar-refractivity contribution in [3.63, 3.8) is 0 Å². The van der Waals surface area contributed by atoms with Crippen LogP contribution in [0.5, 0.6) is 0 Å². The summed E-state index contributed by atoms with van der Waals surface area (Å²) in [7, 11) is 1.38.